The first-order valence-electron chi connectivity index (χ1n) is 9.84. The van der Waals surface area contributed by atoms with Crippen molar-refractivity contribution in [2.24, 2.45) is 9.98 Å². The number of hydrogen-bond acceptors (Lipinski definition) is 4. The molecular formula is C21H33N3O. The molecule has 4 nitrogen and oxygen atoms in total. The molecule has 1 aliphatic carbocycles. The van der Waals surface area contributed by atoms with E-state index in [9.17, 15) is 0 Å². The fourth-order valence-corrected chi connectivity index (χ4v) is 3.11. The molecule has 1 heterocycles. The van der Waals surface area contributed by atoms with E-state index in [1.807, 2.05) is 6.07 Å². The predicted molar refractivity (Wildman–Crippen MR) is 105 cm³/mol. The Balaban J connectivity index is 0.000000236. The molecule has 1 aromatic rings. The Hall–Kier alpha value is -1.48. The van der Waals surface area contributed by atoms with Crippen molar-refractivity contribution in [1.82, 2.24) is 4.90 Å². The van der Waals surface area contributed by atoms with Gasteiger partial charge in [0.2, 0.25) is 0 Å². The van der Waals surface area contributed by atoms with Crippen molar-refractivity contribution in [2.45, 2.75) is 51.5 Å². The van der Waals surface area contributed by atoms with Crippen molar-refractivity contribution in [3.05, 3.63) is 35.9 Å². The molecule has 4 heteroatoms. The van der Waals surface area contributed by atoms with Gasteiger partial charge in [-0.1, -0.05) is 56.5 Å². The zero-order chi connectivity index (χ0) is 17.6. The van der Waals surface area contributed by atoms with Gasteiger partial charge in [0.05, 0.1) is 31.8 Å². The molecule has 1 aromatic carbocycles. The average Bonchev–Trinajstić information content (AvgIpc) is 2.70. The number of rotatable bonds is 5. The van der Waals surface area contributed by atoms with Crippen LogP contribution in [0.2, 0.25) is 0 Å². The molecule has 1 saturated heterocycles. The highest BCUT2D eigenvalue weighted by molar-refractivity contribution is 5.41. The molecule has 25 heavy (non-hydrogen) atoms. The maximum atomic E-state index is 5.30. The van der Waals surface area contributed by atoms with Crippen molar-refractivity contribution in [3.63, 3.8) is 0 Å². The summed E-state index contributed by atoms with van der Waals surface area (Å²) in [5, 5.41) is 0. The average molecular weight is 344 g/mol. The summed E-state index contributed by atoms with van der Waals surface area (Å²) in [6, 6.07) is 13.8. The molecule has 3 rings (SSSR count). The van der Waals surface area contributed by atoms with Gasteiger partial charge in [-0.3, -0.25) is 4.90 Å². The van der Waals surface area contributed by atoms with Crippen LogP contribution in [0.3, 0.4) is 0 Å². The molecule has 0 unspecified atom stereocenters. The van der Waals surface area contributed by atoms with E-state index in [0.717, 1.165) is 45.8 Å². The number of morpholine rings is 1. The van der Waals surface area contributed by atoms with E-state index in [-0.39, 0.29) is 0 Å². The highest BCUT2D eigenvalue weighted by atomic mass is 16.5. The standard InChI is InChI=1S/C13H23N3O.C8H10/c1-2-4-13(5-3-1)15-12-14-6-7-16-8-10-17-11-9-16;1-2-8-6-4-3-5-7-8/h13H,1-11H2;3-7H,2H2,1H3. The number of hydrogen-bond donors (Lipinski definition) is 0. The second-order valence-electron chi connectivity index (χ2n) is 6.70. The Labute approximate surface area is 153 Å². The molecule has 2 fully saturated rings. The summed E-state index contributed by atoms with van der Waals surface area (Å²) in [5.41, 5.74) is 1.41. The van der Waals surface area contributed by atoms with Crippen LogP contribution in [0, 0.1) is 0 Å². The Morgan fingerprint density at radius 3 is 2.44 bits per heavy atom. The van der Waals surface area contributed by atoms with Gasteiger partial charge in [-0.15, -0.1) is 0 Å². The van der Waals surface area contributed by atoms with Gasteiger partial charge in [0.15, 0.2) is 0 Å². The lowest BCUT2D eigenvalue weighted by Crippen LogP contribution is -2.37. The summed E-state index contributed by atoms with van der Waals surface area (Å²) < 4.78 is 5.30. The molecule has 1 saturated carbocycles. The summed E-state index contributed by atoms with van der Waals surface area (Å²) in [7, 11) is 0. The minimum absolute atomic E-state index is 0.496. The molecule has 0 aromatic heterocycles. The van der Waals surface area contributed by atoms with Crippen LogP contribution < -0.4 is 0 Å². The van der Waals surface area contributed by atoms with Crippen LogP contribution in [-0.2, 0) is 11.2 Å². The fraction of sp³-hybridized carbons (Fsp3) is 0.667. The molecule has 0 bridgehead atoms. The van der Waals surface area contributed by atoms with Crippen LogP contribution in [0.15, 0.2) is 40.3 Å². The molecular weight excluding hydrogens is 310 g/mol. The highest BCUT2D eigenvalue weighted by Crippen LogP contribution is 2.19. The maximum Gasteiger partial charge on any atom is 0.0895 e. The van der Waals surface area contributed by atoms with E-state index in [1.54, 1.807) is 0 Å². The van der Waals surface area contributed by atoms with Crippen molar-refractivity contribution in [2.75, 3.05) is 39.4 Å². The SMILES string of the molecule is C(=NCCN1CCOCC1)=NC1CCCCC1.CCc1ccccc1. The molecule has 2 aliphatic rings. The Morgan fingerprint density at radius 2 is 1.80 bits per heavy atom. The van der Waals surface area contributed by atoms with Gasteiger partial charge in [-0.25, -0.2) is 9.98 Å². The van der Waals surface area contributed by atoms with Crippen LogP contribution in [0.4, 0.5) is 0 Å². The largest absolute Gasteiger partial charge is 0.379 e. The molecule has 0 radical (unpaired) electrons. The summed E-state index contributed by atoms with van der Waals surface area (Å²) in [5.74, 6) is 0. The number of aliphatic imine (C=N–C) groups is 2. The maximum absolute atomic E-state index is 5.30. The Bertz CT molecular complexity index is 499. The number of aryl methyl sites for hydroxylation is 1. The Kier molecular flexibility index (Phi) is 10.2. The third-order valence-corrected chi connectivity index (χ3v) is 4.77. The van der Waals surface area contributed by atoms with Gasteiger partial charge in [0.25, 0.3) is 0 Å². The molecule has 0 N–H and O–H groups in total. The number of nitrogens with zero attached hydrogens (tertiary/aromatic N) is 3. The fourth-order valence-electron chi connectivity index (χ4n) is 3.11. The summed E-state index contributed by atoms with van der Waals surface area (Å²) in [6.07, 6.45) is 7.62. The lowest BCUT2D eigenvalue weighted by molar-refractivity contribution is 0.0395. The minimum Gasteiger partial charge on any atom is -0.379 e. The summed E-state index contributed by atoms with van der Waals surface area (Å²) in [6.45, 7) is 7.78. The van der Waals surface area contributed by atoms with E-state index < -0.39 is 0 Å². The van der Waals surface area contributed by atoms with Crippen LogP contribution in [0.25, 0.3) is 0 Å². The Morgan fingerprint density at radius 1 is 1.08 bits per heavy atom. The predicted octanol–water partition coefficient (Wildman–Crippen LogP) is 4.07. The highest BCUT2D eigenvalue weighted by Gasteiger charge is 2.11. The second-order valence-corrected chi connectivity index (χ2v) is 6.70. The van der Waals surface area contributed by atoms with Crippen molar-refractivity contribution >= 4 is 6.01 Å². The normalized spacial score (nSPS) is 18.6. The van der Waals surface area contributed by atoms with E-state index in [1.165, 1.54) is 37.7 Å². The zero-order valence-corrected chi connectivity index (χ0v) is 15.7. The monoisotopic (exact) mass is 343 g/mol. The van der Waals surface area contributed by atoms with Gasteiger partial charge in [0, 0.05) is 19.6 Å². The van der Waals surface area contributed by atoms with Gasteiger partial charge in [-0.2, -0.15) is 0 Å². The summed E-state index contributed by atoms with van der Waals surface area (Å²) >= 11 is 0. The molecule has 1 aliphatic heterocycles. The quantitative estimate of drug-likeness (QED) is 0.756. The van der Waals surface area contributed by atoms with Gasteiger partial charge in [-0.05, 0) is 24.8 Å². The van der Waals surface area contributed by atoms with E-state index in [4.69, 9.17) is 4.74 Å². The van der Waals surface area contributed by atoms with Crippen molar-refractivity contribution in [1.29, 1.82) is 0 Å². The summed E-state index contributed by atoms with van der Waals surface area (Å²) in [4.78, 5) is 11.1. The first-order valence-corrected chi connectivity index (χ1v) is 9.84. The third-order valence-electron chi connectivity index (χ3n) is 4.77. The molecule has 0 spiro atoms. The molecule has 0 atom stereocenters. The first-order chi connectivity index (χ1) is 12.4. The molecule has 138 valence electrons. The van der Waals surface area contributed by atoms with Crippen LogP contribution in [0.1, 0.15) is 44.6 Å². The van der Waals surface area contributed by atoms with Crippen molar-refractivity contribution < 1.29 is 4.74 Å². The van der Waals surface area contributed by atoms with Crippen LogP contribution in [0.5, 0.6) is 0 Å². The van der Waals surface area contributed by atoms with Crippen molar-refractivity contribution in [3.8, 4) is 0 Å². The topological polar surface area (TPSA) is 37.2 Å². The van der Waals surface area contributed by atoms with Gasteiger partial charge in [0.1, 0.15) is 0 Å². The van der Waals surface area contributed by atoms with E-state index >= 15 is 0 Å². The smallest absolute Gasteiger partial charge is 0.0895 e. The molecule has 0 amide bonds. The lowest BCUT2D eigenvalue weighted by Gasteiger charge is -2.25. The third kappa shape index (κ3) is 8.97. The lowest BCUT2D eigenvalue weighted by atomic mass is 9.96. The van der Waals surface area contributed by atoms with Crippen LogP contribution in [-0.4, -0.2) is 56.3 Å². The van der Waals surface area contributed by atoms with Gasteiger partial charge >= 0.3 is 0 Å². The second kappa shape index (κ2) is 12.8. The first kappa shape index (κ1) is 19.8. The number of ether oxygens (including phenoxy) is 1. The number of benzene rings is 1. The minimum atomic E-state index is 0.496. The van der Waals surface area contributed by atoms with E-state index in [2.05, 4.69) is 52.1 Å². The van der Waals surface area contributed by atoms with Gasteiger partial charge < -0.3 is 4.74 Å². The van der Waals surface area contributed by atoms with Crippen LogP contribution >= 0.6 is 0 Å². The zero-order valence-electron chi connectivity index (χ0n) is 15.7. The van der Waals surface area contributed by atoms with E-state index in [0.29, 0.717) is 6.04 Å².